The van der Waals surface area contributed by atoms with Crippen LogP contribution in [0.4, 0.5) is 4.39 Å². The van der Waals surface area contributed by atoms with Crippen LogP contribution in [0.3, 0.4) is 0 Å². The number of hydrogen-bond acceptors (Lipinski definition) is 2. The van der Waals surface area contributed by atoms with Crippen LogP contribution >= 0.6 is 22.6 Å². The third-order valence-electron chi connectivity index (χ3n) is 1.53. The van der Waals surface area contributed by atoms with E-state index in [2.05, 4.69) is 32.6 Å². The highest BCUT2D eigenvalue weighted by molar-refractivity contribution is 14.1. The molecule has 0 aliphatic carbocycles. The highest BCUT2D eigenvalue weighted by Crippen LogP contribution is 2.13. The van der Waals surface area contributed by atoms with E-state index in [0.717, 1.165) is 21.4 Å². The van der Waals surface area contributed by atoms with Crippen LogP contribution in [0.15, 0.2) is 0 Å². The van der Waals surface area contributed by atoms with Crippen LogP contribution < -0.4 is 0 Å². The first-order chi connectivity index (χ1) is 5.15. The molecule has 0 aromatic carbocycles. The van der Waals surface area contributed by atoms with Crippen LogP contribution in [0.25, 0.3) is 0 Å². The van der Waals surface area contributed by atoms with Crippen LogP contribution in [0, 0.1) is 19.9 Å². The maximum Gasteiger partial charge on any atom is 0.309 e. The zero-order valence-electron chi connectivity index (χ0n) is 6.36. The fourth-order valence-corrected chi connectivity index (χ4v) is 2.00. The smallest absolute Gasteiger partial charge is 0.207 e. The molecule has 0 saturated carbocycles. The second-order valence-corrected chi connectivity index (χ2v) is 3.04. The molecule has 0 bridgehead atoms. The van der Waals surface area contributed by atoms with Crippen LogP contribution in [-0.2, 0) is 4.43 Å². The number of alkyl halides is 1. The Bertz CT molecular complexity index is 252. The average molecular weight is 266 g/mol. The third kappa shape index (κ3) is 1.85. The van der Waals surface area contributed by atoms with Gasteiger partial charge in [-0.1, -0.05) is 22.6 Å². The molecule has 0 aliphatic rings. The summed E-state index contributed by atoms with van der Waals surface area (Å²) in [7, 11) is 0. The van der Waals surface area contributed by atoms with Gasteiger partial charge in [0.15, 0.2) is 0 Å². The molecule has 0 saturated heterocycles. The molecule has 2 nitrogen and oxygen atoms in total. The van der Waals surface area contributed by atoms with Crippen LogP contribution in [0.2, 0.25) is 0 Å². The Morgan fingerprint density at radius 1 is 1.27 bits per heavy atom. The summed E-state index contributed by atoms with van der Waals surface area (Å²) >= 11 is 2.21. The molecule has 1 aromatic rings. The van der Waals surface area contributed by atoms with Crippen LogP contribution in [-0.4, -0.2) is 9.97 Å². The Kier molecular flexibility index (Phi) is 2.75. The highest BCUT2D eigenvalue weighted by atomic mass is 127. The van der Waals surface area contributed by atoms with Crippen molar-refractivity contribution in [2.24, 2.45) is 0 Å². The van der Waals surface area contributed by atoms with Gasteiger partial charge in [0.05, 0.1) is 0 Å². The predicted molar refractivity (Wildman–Crippen MR) is 49.2 cm³/mol. The van der Waals surface area contributed by atoms with Crippen LogP contribution in [0.1, 0.15) is 17.0 Å². The summed E-state index contributed by atoms with van der Waals surface area (Å²) in [5, 5.41) is 0. The van der Waals surface area contributed by atoms with Gasteiger partial charge in [0.25, 0.3) is 0 Å². The number of rotatable bonds is 1. The van der Waals surface area contributed by atoms with Crippen molar-refractivity contribution in [3.8, 4) is 0 Å². The van der Waals surface area contributed by atoms with Gasteiger partial charge in [-0.3, -0.25) is 0 Å². The summed E-state index contributed by atoms with van der Waals surface area (Å²) in [6.07, 6.45) is -0.631. The van der Waals surface area contributed by atoms with Crippen molar-refractivity contribution >= 4 is 22.6 Å². The number of aryl methyl sites for hydroxylation is 2. The van der Waals surface area contributed by atoms with E-state index in [1.54, 1.807) is 13.8 Å². The molecule has 0 radical (unpaired) electrons. The van der Waals surface area contributed by atoms with E-state index in [0.29, 0.717) is 0 Å². The molecule has 0 atom stereocenters. The quantitative estimate of drug-likeness (QED) is 0.442. The molecule has 60 valence electrons. The molecular weight excluding hydrogens is 258 g/mol. The SMILES string of the molecule is Cc1nc(F)nc(C)c1CI. The second-order valence-electron chi connectivity index (χ2n) is 2.28. The molecule has 0 amide bonds. The van der Waals surface area contributed by atoms with Gasteiger partial charge in [0.1, 0.15) is 0 Å². The van der Waals surface area contributed by atoms with Crippen molar-refractivity contribution in [3.63, 3.8) is 0 Å². The van der Waals surface area contributed by atoms with Crippen LogP contribution in [0.5, 0.6) is 0 Å². The minimum atomic E-state index is -0.631. The Morgan fingerprint density at radius 3 is 2.09 bits per heavy atom. The lowest BCUT2D eigenvalue weighted by molar-refractivity contribution is 0.529. The summed E-state index contributed by atoms with van der Waals surface area (Å²) in [6.45, 7) is 3.59. The first kappa shape index (κ1) is 8.83. The summed E-state index contributed by atoms with van der Waals surface area (Å²) in [6, 6.07) is 0. The lowest BCUT2D eigenvalue weighted by Crippen LogP contribution is -2.01. The van der Waals surface area contributed by atoms with Gasteiger partial charge in [-0.2, -0.15) is 4.39 Å². The Morgan fingerprint density at radius 2 is 1.73 bits per heavy atom. The molecule has 1 rings (SSSR count). The molecule has 0 N–H and O–H groups in total. The average Bonchev–Trinajstić information content (AvgIpc) is 1.85. The van der Waals surface area contributed by atoms with E-state index in [1.165, 1.54) is 0 Å². The van der Waals surface area contributed by atoms with E-state index >= 15 is 0 Å². The lowest BCUT2D eigenvalue weighted by atomic mass is 10.2. The zero-order chi connectivity index (χ0) is 8.43. The molecule has 1 aromatic heterocycles. The van der Waals surface area contributed by atoms with Crippen molar-refractivity contribution in [3.05, 3.63) is 23.0 Å². The molecule has 0 spiro atoms. The maximum absolute atomic E-state index is 12.5. The van der Waals surface area contributed by atoms with Gasteiger partial charge in [0, 0.05) is 21.4 Å². The molecule has 4 heteroatoms. The van der Waals surface area contributed by atoms with Crippen molar-refractivity contribution in [2.75, 3.05) is 0 Å². The largest absolute Gasteiger partial charge is 0.309 e. The number of hydrogen-bond donors (Lipinski definition) is 0. The van der Waals surface area contributed by atoms with Gasteiger partial charge in [-0.05, 0) is 13.8 Å². The fourth-order valence-electron chi connectivity index (χ4n) is 0.892. The lowest BCUT2D eigenvalue weighted by Gasteiger charge is -2.03. The van der Waals surface area contributed by atoms with Gasteiger partial charge in [-0.25, -0.2) is 9.97 Å². The molecule has 11 heavy (non-hydrogen) atoms. The fraction of sp³-hybridized carbons (Fsp3) is 0.429. The molecule has 0 fully saturated rings. The standard InChI is InChI=1S/C7H8FIN2/c1-4-6(3-9)5(2)11-7(8)10-4/h3H2,1-2H3. The van der Waals surface area contributed by atoms with Gasteiger partial charge in [-0.15, -0.1) is 0 Å². The summed E-state index contributed by atoms with van der Waals surface area (Å²) in [4.78, 5) is 7.25. The Balaban J connectivity index is 3.25. The topological polar surface area (TPSA) is 25.8 Å². The van der Waals surface area contributed by atoms with Gasteiger partial charge in [0.2, 0.25) is 0 Å². The summed E-state index contributed by atoms with van der Waals surface area (Å²) in [5.41, 5.74) is 2.51. The van der Waals surface area contributed by atoms with Crippen molar-refractivity contribution < 1.29 is 4.39 Å². The number of aromatic nitrogens is 2. The third-order valence-corrected chi connectivity index (χ3v) is 2.29. The highest BCUT2D eigenvalue weighted by Gasteiger charge is 2.05. The monoisotopic (exact) mass is 266 g/mol. The Hall–Kier alpha value is -0.260. The number of nitrogens with zero attached hydrogens (tertiary/aromatic N) is 2. The van der Waals surface area contributed by atoms with E-state index in [1.807, 2.05) is 0 Å². The maximum atomic E-state index is 12.5. The predicted octanol–water partition coefficient (Wildman–Crippen LogP) is 2.17. The van der Waals surface area contributed by atoms with Crippen molar-refractivity contribution in [1.29, 1.82) is 0 Å². The van der Waals surface area contributed by atoms with E-state index in [-0.39, 0.29) is 0 Å². The van der Waals surface area contributed by atoms with Gasteiger partial charge < -0.3 is 0 Å². The summed E-state index contributed by atoms with van der Waals surface area (Å²) < 4.78 is 13.3. The number of halogens is 2. The molecule has 0 unspecified atom stereocenters. The molecular formula is C7H8FIN2. The van der Waals surface area contributed by atoms with Gasteiger partial charge >= 0.3 is 6.08 Å². The Labute approximate surface area is 78.4 Å². The second kappa shape index (κ2) is 3.42. The normalized spacial score (nSPS) is 10.2. The molecule has 1 heterocycles. The van der Waals surface area contributed by atoms with E-state index in [4.69, 9.17) is 0 Å². The van der Waals surface area contributed by atoms with Crippen molar-refractivity contribution in [1.82, 2.24) is 9.97 Å². The minimum Gasteiger partial charge on any atom is -0.207 e. The summed E-state index contributed by atoms with van der Waals surface area (Å²) in [5.74, 6) is 0. The van der Waals surface area contributed by atoms with Crippen molar-refractivity contribution in [2.45, 2.75) is 18.3 Å². The minimum absolute atomic E-state index is 0.631. The molecule has 0 aliphatic heterocycles. The van der Waals surface area contributed by atoms with E-state index in [9.17, 15) is 4.39 Å². The zero-order valence-corrected chi connectivity index (χ0v) is 8.51. The van der Waals surface area contributed by atoms with E-state index < -0.39 is 6.08 Å². The first-order valence-corrected chi connectivity index (χ1v) is 4.73. The first-order valence-electron chi connectivity index (χ1n) is 3.20.